The molecule has 0 aromatic carbocycles. The molecular formula is C48H92NO7P. The molecule has 0 N–H and O–H groups in total. The molecule has 8 nitrogen and oxygen atoms in total. The summed E-state index contributed by atoms with van der Waals surface area (Å²) in [5.74, 6) is -0.340. The highest BCUT2D eigenvalue weighted by Gasteiger charge is 2.20. The number of nitrogens with zero attached hydrogens (tertiary/aromatic N) is 1. The van der Waals surface area contributed by atoms with Gasteiger partial charge in [0.15, 0.2) is 0 Å². The highest BCUT2D eigenvalue weighted by Crippen LogP contribution is 2.38. The number of likely N-dealkylation sites (N-methyl/N-ethyl adjacent to an activating group) is 1. The van der Waals surface area contributed by atoms with E-state index in [1.54, 1.807) is 0 Å². The van der Waals surface area contributed by atoms with Gasteiger partial charge in [0.05, 0.1) is 34.4 Å². The van der Waals surface area contributed by atoms with Gasteiger partial charge in [-0.3, -0.25) is 9.36 Å². The zero-order valence-corrected chi connectivity index (χ0v) is 38.9. The first-order valence-corrected chi connectivity index (χ1v) is 25.2. The fraction of sp³-hybridized carbons (Fsp3) is 0.854. The van der Waals surface area contributed by atoms with Gasteiger partial charge in [-0.2, -0.15) is 0 Å². The van der Waals surface area contributed by atoms with E-state index in [-0.39, 0.29) is 25.8 Å². The fourth-order valence-corrected chi connectivity index (χ4v) is 7.18. The number of phosphoric ester groups is 1. The van der Waals surface area contributed by atoms with Crippen LogP contribution in [0.15, 0.2) is 36.5 Å². The number of quaternary nitrogens is 1. The molecule has 0 heterocycles. The largest absolute Gasteiger partial charge is 0.756 e. The normalized spacial score (nSPS) is 14.0. The van der Waals surface area contributed by atoms with Crippen molar-refractivity contribution in [3.05, 3.63) is 36.5 Å². The van der Waals surface area contributed by atoms with Crippen molar-refractivity contribution in [2.24, 2.45) is 0 Å². The maximum absolute atomic E-state index is 12.7. The van der Waals surface area contributed by atoms with Crippen LogP contribution in [0, 0.1) is 0 Å². The van der Waals surface area contributed by atoms with E-state index in [1.807, 2.05) is 21.1 Å². The molecule has 2 atom stereocenters. The second-order valence-electron chi connectivity index (χ2n) is 17.1. The second kappa shape index (κ2) is 41.5. The molecule has 0 saturated heterocycles. The highest BCUT2D eigenvalue weighted by molar-refractivity contribution is 7.45. The van der Waals surface area contributed by atoms with Gasteiger partial charge in [-0.15, -0.1) is 0 Å². The third-order valence-electron chi connectivity index (χ3n) is 10.2. The number of phosphoric acid groups is 1. The Labute approximate surface area is 353 Å². The van der Waals surface area contributed by atoms with E-state index in [9.17, 15) is 14.3 Å². The van der Waals surface area contributed by atoms with Crippen LogP contribution < -0.4 is 4.89 Å². The van der Waals surface area contributed by atoms with Crippen LogP contribution in [0.2, 0.25) is 0 Å². The Kier molecular flexibility index (Phi) is 40.5. The smallest absolute Gasteiger partial charge is 0.306 e. The zero-order chi connectivity index (χ0) is 42.0. The Balaban J connectivity index is 4.20. The third-order valence-corrected chi connectivity index (χ3v) is 11.1. The molecule has 0 rings (SSSR count). The van der Waals surface area contributed by atoms with Crippen molar-refractivity contribution in [2.45, 2.75) is 213 Å². The molecule has 0 aliphatic heterocycles. The molecule has 0 aliphatic rings. The molecule has 0 fully saturated rings. The third kappa shape index (κ3) is 45.7. The Bertz CT molecular complexity index is 1010. The number of esters is 1. The van der Waals surface area contributed by atoms with Crippen LogP contribution in [0.5, 0.6) is 0 Å². The number of carbonyl (C=O) groups is 1. The summed E-state index contributed by atoms with van der Waals surface area (Å²) in [6, 6.07) is 0. The van der Waals surface area contributed by atoms with Crippen molar-refractivity contribution in [2.75, 3.05) is 54.1 Å². The van der Waals surface area contributed by atoms with Crippen LogP contribution in [0.3, 0.4) is 0 Å². The predicted octanol–water partition coefficient (Wildman–Crippen LogP) is 13.5. The Morgan fingerprint density at radius 2 is 0.965 bits per heavy atom. The molecule has 0 aromatic heterocycles. The minimum atomic E-state index is -4.53. The van der Waals surface area contributed by atoms with E-state index >= 15 is 0 Å². The Morgan fingerprint density at radius 3 is 1.47 bits per heavy atom. The number of rotatable bonds is 44. The van der Waals surface area contributed by atoms with Crippen molar-refractivity contribution >= 4 is 13.8 Å². The van der Waals surface area contributed by atoms with Crippen LogP contribution >= 0.6 is 7.82 Å². The van der Waals surface area contributed by atoms with E-state index in [1.165, 1.54) is 148 Å². The van der Waals surface area contributed by atoms with Crippen molar-refractivity contribution in [1.82, 2.24) is 0 Å². The van der Waals surface area contributed by atoms with Crippen LogP contribution in [0.25, 0.3) is 0 Å². The van der Waals surface area contributed by atoms with Gasteiger partial charge in [-0.25, -0.2) is 0 Å². The monoisotopic (exact) mass is 826 g/mol. The highest BCUT2D eigenvalue weighted by atomic mass is 31.2. The molecule has 9 heteroatoms. The number of ether oxygens (including phenoxy) is 2. The molecule has 0 bridgehead atoms. The van der Waals surface area contributed by atoms with Crippen LogP contribution in [-0.4, -0.2) is 70.7 Å². The summed E-state index contributed by atoms with van der Waals surface area (Å²) in [5, 5.41) is 0. The summed E-state index contributed by atoms with van der Waals surface area (Å²) in [7, 11) is 1.35. The summed E-state index contributed by atoms with van der Waals surface area (Å²) < 4.78 is 34.7. The van der Waals surface area contributed by atoms with Gasteiger partial charge >= 0.3 is 5.97 Å². The SMILES string of the molecule is CCCCC/C=C\C/C=C\CCCCCCCCCCCC(=O)OC(COCCCCCCCC/C=C\CCCCCCCC)COP(=O)([O-])OCC[N+](C)(C)C. The van der Waals surface area contributed by atoms with Crippen molar-refractivity contribution in [3.8, 4) is 0 Å². The Morgan fingerprint density at radius 1 is 0.544 bits per heavy atom. The number of hydrogen-bond acceptors (Lipinski definition) is 7. The number of unbranched alkanes of at least 4 members (excludes halogenated alkanes) is 24. The molecule has 0 aliphatic carbocycles. The van der Waals surface area contributed by atoms with Gasteiger partial charge < -0.3 is 27.9 Å². The van der Waals surface area contributed by atoms with E-state index in [4.69, 9.17) is 18.5 Å². The van der Waals surface area contributed by atoms with E-state index in [0.717, 1.165) is 38.5 Å². The van der Waals surface area contributed by atoms with Gasteiger partial charge in [0.25, 0.3) is 7.82 Å². The lowest BCUT2D eigenvalue weighted by Gasteiger charge is -2.28. The molecule has 336 valence electrons. The average molecular weight is 826 g/mol. The van der Waals surface area contributed by atoms with Crippen molar-refractivity contribution in [3.63, 3.8) is 0 Å². The van der Waals surface area contributed by atoms with E-state index < -0.39 is 13.9 Å². The van der Waals surface area contributed by atoms with Crippen LogP contribution in [-0.2, 0) is 27.9 Å². The minimum absolute atomic E-state index is 0.0242. The Hall–Kier alpha value is -1.28. The average Bonchev–Trinajstić information content (AvgIpc) is 3.16. The first kappa shape index (κ1) is 55.7. The van der Waals surface area contributed by atoms with Crippen LogP contribution in [0.1, 0.15) is 206 Å². The van der Waals surface area contributed by atoms with Gasteiger partial charge in [0.2, 0.25) is 0 Å². The lowest BCUT2D eigenvalue weighted by molar-refractivity contribution is -0.870. The first-order chi connectivity index (χ1) is 27.6. The van der Waals surface area contributed by atoms with Gasteiger partial charge in [0, 0.05) is 13.0 Å². The summed E-state index contributed by atoms with van der Waals surface area (Å²) in [6.45, 7) is 5.38. The van der Waals surface area contributed by atoms with Gasteiger partial charge in [0.1, 0.15) is 19.3 Å². The molecular weight excluding hydrogens is 734 g/mol. The van der Waals surface area contributed by atoms with Gasteiger partial charge in [-0.1, -0.05) is 166 Å². The summed E-state index contributed by atoms with van der Waals surface area (Å²) in [6.07, 6.45) is 48.7. The first-order valence-electron chi connectivity index (χ1n) is 23.7. The molecule has 57 heavy (non-hydrogen) atoms. The quantitative estimate of drug-likeness (QED) is 0.0198. The fourth-order valence-electron chi connectivity index (χ4n) is 6.45. The minimum Gasteiger partial charge on any atom is -0.756 e. The maximum atomic E-state index is 12.7. The van der Waals surface area contributed by atoms with Gasteiger partial charge in [-0.05, 0) is 70.6 Å². The van der Waals surface area contributed by atoms with Crippen molar-refractivity contribution in [1.29, 1.82) is 0 Å². The lowest BCUT2D eigenvalue weighted by Crippen LogP contribution is -2.37. The number of carbonyl (C=O) groups excluding carboxylic acids is 1. The lowest BCUT2D eigenvalue weighted by atomic mass is 10.1. The summed E-state index contributed by atoms with van der Waals surface area (Å²) >= 11 is 0. The molecule has 0 saturated carbocycles. The predicted molar refractivity (Wildman–Crippen MR) is 240 cm³/mol. The van der Waals surface area contributed by atoms with E-state index in [0.29, 0.717) is 24.1 Å². The molecule has 2 unspecified atom stereocenters. The number of allylic oxidation sites excluding steroid dienone is 6. The number of hydrogen-bond donors (Lipinski definition) is 0. The summed E-state index contributed by atoms with van der Waals surface area (Å²) in [5.41, 5.74) is 0. The van der Waals surface area contributed by atoms with Crippen molar-refractivity contribution < 1.29 is 37.3 Å². The maximum Gasteiger partial charge on any atom is 0.306 e. The molecule has 0 aromatic rings. The topological polar surface area (TPSA) is 94.1 Å². The zero-order valence-electron chi connectivity index (χ0n) is 38.0. The molecule has 0 spiro atoms. The molecule has 0 radical (unpaired) electrons. The van der Waals surface area contributed by atoms with Crippen LogP contribution in [0.4, 0.5) is 0 Å². The summed E-state index contributed by atoms with van der Waals surface area (Å²) in [4.78, 5) is 25.1. The van der Waals surface area contributed by atoms with E-state index in [2.05, 4.69) is 50.3 Å². The molecule has 0 amide bonds. The second-order valence-corrected chi connectivity index (χ2v) is 18.5. The standard InChI is InChI=1S/C48H92NO7P/c1-6-8-10-12-14-16-18-20-22-24-25-26-27-29-31-33-35-37-39-41-48(50)56-47(46-55-57(51,52)54-44-42-49(3,4)5)45-53-43-40-38-36-34-32-30-28-23-21-19-17-15-13-11-9-7-2/h14,16,20-23,47H,6-13,15,17-19,24-46H2,1-5H3/b16-14-,22-20-,23-21-.